The highest BCUT2D eigenvalue weighted by molar-refractivity contribution is 7.17. The Bertz CT molecular complexity index is 1520. The zero-order chi connectivity index (χ0) is 22.4. The van der Waals surface area contributed by atoms with Gasteiger partial charge in [0, 0.05) is 33.3 Å². The molecule has 8 heteroatoms. The van der Waals surface area contributed by atoms with E-state index in [0.717, 1.165) is 33.3 Å². The number of aryl methyl sites for hydroxylation is 2. The van der Waals surface area contributed by atoms with E-state index in [4.69, 9.17) is 0 Å². The summed E-state index contributed by atoms with van der Waals surface area (Å²) >= 11 is 2.98. The van der Waals surface area contributed by atoms with Crippen LogP contribution in [0, 0.1) is 20.8 Å². The number of ketones is 1. The molecule has 6 nitrogen and oxygen atoms in total. The molecule has 32 heavy (non-hydrogen) atoms. The number of nitrogens with zero attached hydrogens (tertiary/aromatic N) is 4. The van der Waals surface area contributed by atoms with Gasteiger partial charge < -0.3 is 0 Å². The fourth-order valence-corrected chi connectivity index (χ4v) is 5.75. The number of carbonyl (C=O) groups is 1. The average Bonchev–Trinajstić information content (AvgIpc) is 3.48. The summed E-state index contributed by atoms with van der Waals surface area (Å²) in [7, 11) is 0. The van der Waals surface area contributed by atoms with E-state index < -0.39 is 0 Å². The topological polar surface area (TPSA) is 69.8 Å². The molecule has 0 aliphatic rings. The molecule has 0 saturated heterocycles. The minimum Gasteiger partial charge on any atom is -0.294 e. The lowest BCUT2D eigenvalue weighted by Gasteiger charge is -2.07. The molecule has 0 aliphatic carbocycles. The zero-order valence-electron chi connectivity index (χ0n) is 17.8. The van der Waals surface area contributed by atoms with Crippen LogP contribution in [-0.2, 0) is 6.54 Å². The summed E-state index contributed by atoms with van der Waals surface area (Å²) in [5.41, 5.74) is 4.91. The fourth-order valence-electron chi connectivity index (χ4n) is 3.93. The lowest BCUT2D eigenvalue weighted by molar-refractivity contribution is 0.0970. The van der Waals surface area contributed by atoms with Crippen LogP contribution in [0.15, 0.2) is 58.3 Å². The third-order valence-electron chi connectivity index (χ3n) is 5.49. The first kappa shape index (κ1) is 20.5. The van der Waals surface area contributed by atoms with Gasteiger partial charge in [0.15, 0.2) is 10.9 Å². The third-order valence-corrected chi connectivity index (χ3v) is 7.32. The molecule has 0 amide bonds. The Balaban J connectivity index is 1.52. The van der Waals surface area contributed by atoms with Gasteiger partial charge in [-0.2, -0.15) is 0 Å². The van der Waals surface area contributed by atoms with Crippen LogP contribution in [0.5, 0.6) is 0 Å². The van der Waals surface area contributed by atoms with E-state index in [0.29, 0.717) is 15.8 Å². The monoisotopic (exact) mass is 460 g/mol. The Kier molecular flexibility index (Phi) is 5.11. The van der Waals surface area contributed by atoms with Gasteiger partial charge in [-0.3, -0.25) is 18.7 Å². The fraction of sp³-hybridized carbons (Fsp3) is 0.167. The average molecular weight is 461 g/mol. The van der Waals surface area contributed by atoms with Gasteiger partial charge in [0.05, 0.1) is 24.0 Å². The summed E-state index contributed by atoms with van der Waals surface area (Å²) in [6.45, 7) is 5.75. The van der Waals surface area contributed by atoms with Gasteiger partial charge in [-0.05, 0) is 32.4 Å². The molecule has 4 aromatic heterocycles. The Morgan fingerprint density at radius 2 is 1.84 bits per heavy atom. The Labute approximate surface area is 192 Å². The number of rotatable bonds is 5. The number of fused-ring (bicyclic) bond motifs is 1. The van der Waals surface area contributed by atoms with E-state index in [1.54, 1.807) is 11.3 Å². The number of hydrogen-bond donors (Lipinski definition) is 0. The first-order valence-electron chi connectivity index (χ1n) is 10.1. The van der Waals surface area contributed by atoms with Gasteiger partial charge in [-0.1, -0.05) is 30.3 Å². The summed E-state index contributed by atoms with van der Waals surface area (Å²) in [5.74, 6) is -0.127. The molecule has 0 bridgehead atoms. The van der Waals surface area contributed by atoms with Gasteiger partial charge in [0.2, 0.25) is 0 Å². The van der Waals surface area contributed by atoms with Crippen molar-refractivity contribution in [1.29, 1.82) is 0 Å². The second-order valence-electron chi connectivity index (χ2n) is 7.69. The van der Waals surface area contributed by atoms with Crippen LogP contribution in [0.1, 0.15) is 27.4 Å². The minimum atomic E-state index is -0.201. The van der Waals surface area contributed by atoms with Crippen LogP contribution in [-0.4, -0.2) is 24.9 Å². The highest BCUT2D eigenvalue weighted by atomic mass is 32.1. The quantitative estimate of drug-likeness (QED) is 0.339. The maximum Gasteiger partial charge on any atom is 0.263 e. The maximum absolute atomic E-state index is 13.3. The first-order chi connectivity index (χ1) is 15.4. The highest BCUT2D eigenvalue weighted by Gasteiger charge is 2.20. The number of carbonyl (C=O) groups excluding carboxylic acids is 1. The second kappa shape index (κ2) is 7.96. The van der Waals surface area contributed by atoms with E-state index in [-0.39, 0.29) is 17.9 Å². The zero-order valence-corrected chi connectivity index (χ0v) is 19.5. The lowest BCUT2D eigenvalue weighted by atomic mass is 10.1. The molecule has 0 radical (unpaired) electrons. The number of aromatic nitrogens is 4. The molecule has 0 unspecified atom stereocenters. The summed E-state index contributed by atoms with van der Waals surface area (Å²) in [5, 5.41) is 5.33. The molecule has 5 aromatic rings. The predicted octanol–water partition coefficient (Wildman–Crippen LogP) is 5.18. The summed E-state index contributed by atoms with van der Waals surface area (Å²) < 4.78 is 3.39. The molecule has 1 aromatic carbocycles. The Morgan fingerprint density at radius 1 is 1.06 bits per heavy atom. The van der Waals surface area contributed by atoms with E-state index in [1.807, 2.05) is 72.5 Å². The van der Waals surface area contributed by atoms with Gasteiger partial charge in [-0.15, -0.1) is 22.7 Å². The molecule has 5 rings (SSSR count). The van der Waals surface area contributed by atoms with Gasteiger partial charge in [0.25, 0.3) is 5.56 Å². The van der Waals surface area contributed by atoms with Crippen molar-refractivity contribution in [1.82, 2.24) is 19.1 Å². The van der Waals surface area contributed by atoms with Crippen molar-refractivity contribution in [2.24, 2.45) is 0 Å². The first-order valence-corrected chi connectivity index (χ1v) is 11.9. The molecule has 0 aliphatic heterocycles. The molecule has 160 valence electrons. The SMILES string of the molecule is Cc1csc(-n2c(C)cc(C(=O)Cn3cnc4scc(-c5ccccc5)c4c3=O)c2C)n1. The molecule has 0 spiro atoms. The lowest BCUT2D eigenvalue weighted by Crippen LogP contribution is -2.24. The molecular formula is C24H20N4O2S2. The Morgan fingerprint density at radius 3 is 2.56 bits per heavy atom. The molecule has 4 heterocycles. The number of benzene rings is 1. The standard InChI is InChI=1S/C24H20N4O2S2/c1-14-11-32-24(26-14)28-15(2)9-18(16(28)3)20(29)10-27-13-25-22-21(23(27)30)19(12-31-22)17-7-5-4-6-8-17/h4-9,11-13H,10H2,1-3H3. The molecule has 0 atom stereocenters. The third kappa shape index (κ3) is 3.41. The molecule has 0 saturated carbocycles. The summed E-state index contributed by atoms with van der Waals surface area (Å²) in [4.78, 5) is 36.2. The minimum absolute atomic E-state index is 0.0625. The van der Waals surface area contributed by atoms with E-state index in [9.17, 15) is 9.59 Å². The van der Waals surface area contributed by atoms with Gasteiger partial charge >= 0.3 is 0 Å². The van der Waals surface area contributed by atoms with Crippen LogP contribution in [0.2, 0.25) is 0 Å². The number of Topliss-reactive ketones (excluding diaryl/α,β-unsaturated/α-hetero) is 1. The van der Waals surface area contributed by atoms with E-state index in [2.05, 4.69) is 9.97 Å². The summed E-state index contributed by atoms with van der Waals surface area (Å²) in [6, 6.07) is 11.6. The van der Waals surface area contributed by atoms with E-state index >= 15 is 0 Å². The summed E-state index contributed by atoms with van der Waals surface area (Å²) in [6.07, 6.45) is 1.47. The van der Waals surface area contributed by atoms with Crippen molar-refractivity contribution in [3.63, 3.8) is 0 Å². The smallest absolute Gasteiger partial charge is 0.263 e. The normalized spacial score (nSPS) is 11.3. The number of hydrogen-bond acceptors (Lipinski definition) is 6. The van der Waals surface area contributed by atoms with Crippen molar-refractivity contribution < 1.29 is 4.79 Å². The predicted molar refractivity (Wildman–Crippen MR) is 129 cm³/mol. The van der Waals surface area contributed by atoms with Crippen LogP contribution >= 0.6 is 22.7 Å². The molecule has 0 fully saturated rings. The van der Waals surface area contributed by atoms with E-state index in [1.165, 1.54) is 22.2 Å². The van der Waals surface area contributed by atoms with Crippen molar-refractivity contribution >= 4 is 38.7 Å². The van der Waals surface area contributed by atoms with Crippen LogP contribution < -0.4 is 5.56 Å². The number of thiazole rings is 1. The largest absolute Gasteiger partial charge is 0.294 e. The van der Waals surface area contributed by atoms with Crippen molar-refractivity contribution in [3.8, 4) is 16.3 Å². The van der Waals surface area contributed by atoms with Crippen molar-refractivity contribution in [3.05, 3.63) is 86.5 Å². The van der Waals surface area contributed by atoms with Gasteiger partial charge in [-0.25, -0.2) is 9.97 Å². The van der Waals surface area contributed by atoms with Gasteiger partial charge in [0.1, 0.15) is 4.83 Å². The maximum atomic E-state index is 13.3. The van der Waals surface area contributed by atoms with Crippen LogP contribution in [0.4, 0.5) is 0 Å². The van der Waals surface area contributed by atoms with Crippen molar-refractivity contribution in [2.75, 3.05) is 0 Å². The molecular weight excluding hydrogens is 440 g/mol. The van der Waals surface area contributed by atoms with Crippen LogP contribution in [0.3, 0.4) is 0 Å². The molecule has 0 N–H and O–H groups in total. The van der Waals surface area contributed by atoms with Crippen LogP contribution in [0.25, 0.3) is 26.5 Å². The van der Waals surface area contributed by atoms with Crippen molar-refractivity contribution in [2.45, 2.75) is 27.3 Å². The Hall–Kier alpha value is -3.36. The second-order valence-corrected chi connectivity index (χ2v) is 9.38. The highest BCUT2D eigenvalue weighted by Crippen LogP contribution is 2.30. The number of thiophene rings is 1.